The summed E-state index contributed by atoms with van der Waals surface area (Å²) in [7, 11) is 0. The molecule has 2 aromatic rings. The van der Waals surface area contributed by atoms with Crippen molar-refractivity contribution in [3.63, 3.8) is 0 Å². The SMILES string of the molecule is O=C(Cc1csc(-c2ccc(C(F)(F)F)cc2)n1)NC1=NCCS1. The van der Waals surface area contributed by atoms with Gasteiger partial charge in [-0.2, -0.15) is 13.2 Å². The summed E-state index contributed by atoms with van der Waals surface area (Å²) < 4.78 is 37.7. The van der Waals surface area contributed by atoms with Crippen molar-refractivity contribution >= 4 is 34.2 Å². The van der Waals surface area contributed by atoms with E-state index in [2.05, 4.69) is 15.3 Å². The third kappa shape index (κ3) is 4.15. The molecule has 1 aromatic heterocycles. The Labute approximate surface area is 144 Å². The van der Waals surface area contributed by atoms with Crippen LogP contribution in [0.25, 0.3) is 10.6 Å². The van der Waals surface area contributed by atoms with Gasteiger partial charge in [0, 0.05) is 16.7 Å². The van der Waals surface area contributed by atoms with E-state index in [0.29, 0.717) is 28.0 Å². The molecule has 1 aliphatic heterocycles. The van der Waals surface area contributed by atoms with Crippen LogP contribution in [0.1, 0.15) is 11.3 Å². The Morgan fingerprint density at radius 1 is 1.25 bits per heavy atom. The molecule has 3 rings (SSSR count). The smallest absolute Gasteiger partial charge is 0.305 e. The summed E-state index contributed by atoms with van der Waals surface area (Å²) in [6.07, 6.45) is -4.25. The minimum Gasteiger partial charge on any atom is -0.305 e. The first-order valence-electron chi connectivity index (χ1n) is 7.01. The number of rotatable bonds is 3. The van der Waals surface area contributed by atoms with Crippen LogP contribution in [0.4, 0.5) is 13.2 Å². The van der Waals surface area contributed by atoms with Crippen molar-refractivity contribution in [1.29, 1.82) is 0 Å². The molecule has 24 heavy (non-hydrogen) atoms. The number of halogens is 3. The number of amidine groups is 1. The summed E-state index contributed by atoms with van der Waals surface area (Å²) >= 11 is 2.79. The number of thiazole rings is 1. The summed E-state index contributed by atoms with van der Waals surface area (Å²) in [5.41, 5.74) is 0.476. The minimum absolute atomic E-state index is 0.108. The van der Waals surface area contributed by atoms with Crippen LogP contribution in [0.3, 0.4) is 0 Å². The molecule has 0 aliphatic carbocycles. The Balaban J connectivity index is 1.65. The van der Waals surface area contributed by atoms with E-state index >= 15 is 0 Å². The quantitative estimate of drug-likeness (QED) is 0.897. The van der Waals surface area contributed by atoms with Crippen LogP contribution in [-0.2, 0) is 17.4 Å². The van der Waals surface area contributed by atoms with Crippen molar-refractivity contribution in [3.8, 4) is 10.6 Å². The number of hydrogen-bond acceptors (Lipinski definition) is 5. The molecule has 0 saturated carbocycles. The number of benzene rings is 1. The van der Waals surface area contributed by atoms with Gasteiger partial charge in [0.1, 0.15) is 5.01 Å². The second-order valence-corrected chi connectivity index (χ2v) is 6.92. The predicted molar refractivity (Wildman–Crippen MR) is 89.2 cm³/mol. The molecule has 0 radical (unpaired) electrons. The Hall–Kier alpha value is -1.87. The van der Waals surface area contributed by atoms with Crippen LogP contribution >= 0.6 is 23.1 Å². The molecule has 0 spiro atoms. The summed E-state index contributed by atoms with van der Waals surface area (Å²) in [4.78, 5) is 20.4. The maximum absolute atomic E-state index is 12.6. The van der Waals surface area contributed by atoms with Gasteiger partial charge < -0.3 is 5.32 Å². The number of aliphatic imine (C=N–C) groups is 1. The third-order valence-electron chi connectivity index (χ3n) is 3.18. The van der Waals surface area contributed by atoms with E-state index in [9.17, 15) is 18.0 Å². The van der Waals surface area contributed by atoms with Crippen molar-refractivity contribution in [1.82, 2.24) is 10.3 Å². The van der Waals surface area contributed by atoms with E-state index in [1.807, 2.05) is 0 Å². The highest BCUT2D eigenvalue weighted by Crippen LogP contribution is 2.31. The molecule has 0 atom stereocenters. The number of carbonyl (C=O) groups is 1. The minimum atomic E-state index is -4.36. The number of nitrogens with zero attached hydrogens (tertiary/aromatic N) is 2. The van der Waals surface area contributed by atoms with Crippen molar-refractivity contribution in [2.24, 2.45) is 4.99 Å². The van der Waals surface area contributed by atoms with E-state index in [-0.39, 0.29) is 12.3 Å². The first-order valence-corrected chi connectivity index (χ1v) is 8.87. The number of thioether (sulfide) groups is 1. The van der Waals surface area contributed by atoms with E-state index in [4.69, 9.17) is 0 Å². The molecule has 0 saturated heterocycles. The lowest BCUT2D eigenvalue weighted by atomic mass is 10.1. The molecule has 2 heterocycles. The fourth-order valence-corrected chi connectivity index (χ4v) is 3.63. The van der Waals surface area contributed by atoms with Gasteiger partial charge in [-0.3, -0.25) is 9.79 Å². The fourth-order valence-electron chi connectivity index (χ4n) is 2.06. The molecule has 0 fully saturated rings. The van der Waals surface area contributed by atoms with Crippen molar-refractivity contribution in [2.75, 3.05) is 12.3 Å². The van der Waals surface area contributed by atoms with Gasteiger partial charge in [0.2, 0.25) is 5.91 Å². The van der Waals surface area contributed by atoms with Gasteiger partial charge in [-0.05, 0) is 12.1 Å². The van der Waals surface area contributed by atoms with Crippen LogP contribution in [0.5, 0.6) is 0 Å². The average molecular weight is 371 g/mol. The zero-order chi connectivity index (χ0) is 17.2. The second kappa shape index (κ2) is 6.94. The number of hydrogen-bond donors (Lipinski definition) is 1. The van der Waals surface area contributed by atoms with Gasteiger partial charge in [-0.15, -0.1) is 11.3 Å². The Kier molecular flexibility index (Phi) is 4.91. The lowest BCUT2D eigenvalue weighted by Crippen LogP contribution is -2.28. The zero-order valence-corrected chi connectivity index (χ0v) is 13.9. The van der Waals surface area contributed by atoms with Crippen LogP contribution in [-0.4, -0.2) is 28.4 Å². The molecule has 126 valence electrons. The standard InChI is InChI=1S/C15H12F3N3OS2/c16-15(17,18)10-3-1-9(2-4-10)13-20-11(8-24-13)7-12(22)21-14-19-5-6-23-14/h1-4,8H,5-7H2,(H,19,21,22). The molecule has 9 heteroatoms. The lowest BCUT2D eigenvalue weighted by molar-refractivity contribution is -0.137. The van der Waals surface area contributed by atoms with E-state index in [1.165, 1.54) is 35.2 Å². The first-order chi connectivity index (χ1) is 11.4. The maximum atomic E-state index is 12.6. The Bertz CT molecular complexity index is 769. The zero-order valence-electron chi connectivity index (χ0n) is 12.3. The highest BCUT2D eigenvalue weighted by atomic mass is 32.2. The first kappa shape index (κ1) is 17.0. The van der Waals surface area contributed by atoms with Gasteiger partial charge in [0.15, 0.2) is 5.17 Å². The van der Waals surface area contributed by atoms with Crippen LogP contribution in [0.15, 0.2) is 34.6 Å². The maximum Gasteiger partial charge on any atom is 0.416 e. The molecule has 0 unspecified atom stereocenters. The molecule has 1 N–H and O–H groups in total. The lowest BCUT2D eigenvalue weighted by Gasteiger charge is -2.06. The molecule has 4 nitrogen and oxygen atoms in total. The summed E-state index contributed by atoms with van der Waals surface area (Å²) in [6, 6.07) is 4.82. The van der Waals surface area contributed by atoms with Gasteiger partial charge in [-0.25, -0.2) is 4.98 Å². The average Bonchev–Trinajstić information content (AvgIpc) is 3.18. The number of carbonyl (C=O) groups excluding carboxylic acids is 1. The molecule has 0 bridgehead atoms. The van der Waals surface area contributed by atoms with Gasteiger partial charge in [0.25, 0.3) is 0 Å². The topological polar surface area (TPSA) is 54.4 Å². The molecular weight excluding hydrogens is 359 g/mol. The molecule has 1 amide bonds. The molecule has 1 aromatic carbocycles. The fraction of sp³-hybridized carbons (Fsp3) is 0.267. The summed E-state index contributed by atoms with van der Waals surface area (Å²) in [5, 5.41) is 5.65. The Morgan fingerprint density at radius 3 is 2.62 bits per heavy atom. The number of aromatic nitrogens is 1. The largest absolute Gasteiger partial charge is 0.416 e. The summed E-state index contributed by atoms with van der Waals surface area (Å²) in [6.45, 7) is 0.703. The number of alkyl halides is 3. The third-order valence-corrected chi connectivity index (χ3v) is 5.02. The predicted octanol–water partition coefficient (Wildman–Crippen LogP) is 3.59. The van der Waals surface area contributed by atoms with Crippen LogP contribution in [0.2, 0.25) is 0 Å². The van der Waals surface area contributed by atoms with Gasteiger partial charge >= 0.3 is 6.18 Å². The molecular formula is C15H12F3N3OS2. The number of nitrogens with one attached hydrogen (secondary N) is 1. The second-order valence-electron chi connectivity index (χ2n) is 4.98. The summed E-state index contributed by atoms with van der Waals surface area (Å²) in [5.74, 6) is 0.664. The van der Waals surface area contributed by atoms with E-state index < -0.39 is 11.7 Å². The van der Waals surface area contributed by atoms with Crippen molar-refractivity contribution in [3.05, 3.63) is 40.9 Å². The Morgan fingerprint density at radius 2 is 2.00 bits per heavy atom. The highest BCUT2D eigenvalue weighted by Gasteiger charge is 2.30. The monoisotopic (exact) mass is 371 g/mol. The number of amides is 1. The molecule has 1 aliphatic rings. The van der Waals surface area contributed by atoms with Crippen molar-refractivity contribution < 1.29 is 18.0 Å². The van der Waals surface area contributed by atoms with E-state index in [0.717, 1.165) is 17.9 Å². The van der Waals surface area contributed by atoms with Gasteiger partial charge in [0.05, 0.1) is 24.2 Å². The van der Waals surface area contributed by atoms with Crippen LogP contribution < -0.4 is 5.32 Å². The van der Waals surface area contributed by atoms with Gasteiger partial charge in [-0.1, -0.05) is 23.9 Å². The van der Waals surface area contributed by atoms with Crippen LogP contribution in [0, 0.1) is 0 Å². The van der Waals surface area contributed by atoms with Crippen molar-refractivity contribution in [2.45, 2.75) is 12.6 Å². The van der Waals surface area contributed by atoms with E-state index in [1.54, 1.807) is 5.38 Å². The normalized spacial score (nSPS) is 14.5. The highest BCUT2D eigenvalue weighted by molar-refractivity contribution is 8.14.